The van der Waals surface area contributed by atoms with Crippen LogP contribution in [0, 0.1) is 0 Å². The predicted molar refractivity (Wildman–Crippen MR) is 75.5 cm³/mol. The van der Waals surface area contributed by atoms with E-state index in [9.17, 15) is 13.2 Å². The summed E-state index contributed by atoms with van der Waals surface area (Å²) in [6.07, 6.45) is -4.71. The van der Waals surface area contributed by atoms with Crippen molar-refractivity contribution in [3.63, 3.8) is 0 Å². The Balaban J connectivity index is 2.35. The van der Waals surface area contributed by atoms with Gasteiger partial charge in [-0.25, -0.2) is 0 Å². The molecule has 0 saturated heterocycles. The van der Waals surface area contributed by atoms with Crippen LogP contribution in [-0.4, -0.2) is 13.4 Å². The summed E-state index contributed by atoms with van der Waals surface area (Å²) in [6.45, 7) is 0. The average molecular weight is 316 g/mol. The van der Waals surface area contributed by atoms with Crippen LogP contribution in [0.3, 0.4) is 0 Å². The number of halogens is 4. The molecule has 21 heavy (non-hydrogen) atoms. The third kappa shape index (κ3) is 4.12. The zero-order valence-electron chi connectivity index (χ0n) is 11.1. The van der Waals surface area contributed by atoms with Gasteiger partial charge in [-0.1, -0.05) is 41.9 Å². The highest BCUT2D eigenvalue weighted by Crippen LogP contribution is 2.31. The standard InChI is InChI=1S/C15H13ClF3NO/c1-20-14(12-7-2-3-8-13(12)16)10-5-4-6-11(9-10)21-15(17,18)19/h2-9,14,20H,1H3. The van der Waals surface area contributed by atoms with Gasteiger partial charge in [0.2, 0.25) is 0 Å². The van der Waals surface area contributed by atoms with E-state index in [2.05, 4.69) is 10.1 Å². The van der Waals surface area contributed by atoms with E-state index in [0.29, 0.717) is 10.6 Å². The van der Waals surface area contributed by atoms with Crippen LogP contribution in [0.5, 0.6) is 5.75 Å². The average Bonchev–Trinajstić information content (AvgIpc) is 2.40. The third-order valence-electron chi connectivity index (χ3n) is 2.93. The van der Waals surface area contributed by atoms with Gasteiger partial charge in [0.25, 0.3) is 0 Å². The number of nitrogens with one attached hydrogen (secondary N) is 1. The summed E-state index contributed by atoms with van der Waals surface area (Å²) in [7, 11) is 1.71. The third-order valence-corrected chi connectivity index (χ3v) is 3.27. The molecule has 0 spiro atoms. The maximum Gasteiger partial charge on any atom is 0.573 e. The first-order chi connectivity index (χ1) is 9.90. The molecule has 0 aliphatic carbocycles. The zero-order valence-corrected chi connectivity index (χ0v) is 11.9. The maximum absolute atomic E-state index is 12.3. The monoisotopic (exact) mass is 315 g/mol. The molecule has 0 aliphatic heterocycles. The molecule has 0 fully saturated rings. The van der Waals surface area contributed by atoms with Gasteiger partial charge in [-0.15, -0.1) is 13.2 Å². The van der Waals surface area contributed by atoms with Gasteiger partial charge in [0.1, 0.15) is 5.75 Å². The number of hydrogen-bond acceptors (Lipinski definition) is 2. The van der Waals surface area contributed by atoms with Gasteiger partial charge in [0.15, 0.2) is 0 Å². The van der Waals surface area contributed by atoms with E-state index in [-0.39, 0.29) is 11.8 Å². The molecule has 1 N–H and O–H groups in total. The van der Waals surface area contributed by atoms with E-state index in [1.165, 1.54) is 18.2 Å². The first kappa shape index (κ1) is 15.7. The van der Waals surface area contributed by atoms with Gasteiger partial charge in [0, 0.05) is 5.02 Å². The highest BCUT2D eigenvalue weighted by Gasteiger charge is 2.31. The van der Waals surface area contributed by atoms with Crippen molar-refractivity contribution in [2.45, 2.75) is 12.4 Å². The fraction of sp³-hybridized carbons (Fsp3) is 0.200. The van der Waals surface area contributed by atoms with Crippen molar-refractivity contribution in [1.82, 2.24) is 5.32 Å². The van der Waals surface area contributed by atoms with E-state index in [0.717, 1.165) is 5.56 Å². The second-order valence-corrected chi connectivity index (χ2v) is 4.77. The summed E-state index contributed by atoms with van der Waals surface area (Å²) < 4.78 is 40.8. The Morgan fingerprint density at radius 2 is 1.81 bits per heavy atom. The molecule has 112 valence electrons. The summed E-state index contributed by atoms with van der Waals surface area (Å²) >= 11 is 6.14. The Morgan fingerprint density at radius 3 is 2.43 bits per heavy atom. The molecule has 2 aromatic carbocycles. The molecule has 0 saturated carbocycles. The second-order valence-electron chi connectivity index (χ2n) is 4.36. The first-order valence-electron chi connectivity index (χ1n) is 6.18. The van der Waals surface area contributed by atoms with Crippen LogP contribution < -0.4 is 10.1 Å². The Kier molecular flexibility index (Phi) is 4.75. The molecule has 0 amide bonds. The van der Waals surface area contributed by atoms with Gasteiger partial charge < -0.3 is 10.1 Å². The lowest BCUT2D eigenvalue weighted by molar-refractivity contribution is -0.274. The number of ether oxygens (including phenoxy) is 1. The predicted octanol–water partition coefficient (Wildman–Crippen LogP) is 4.55. The molecule has 0 aromatic heterocycles. The van der Waals surface area contributed by atoms with Crippen LogP contribution >= 0.6 is 11.6 Å². The van der Waals surface area contributed by atoms with Crippen molar-refractivity contribution < 1.29 is 17.9 Å². The number of hydrogen-bond donors (Lipinski definition) is 1. The van der Waals surface area contributed by atoms with E-state index >= 15 is 0 Å². The van der Waals surface area contributed by atoms with E-state index < -0.39 is 6.36 Å². The number of alkyl halides is 3. The molecular formula is C15H13ClF3NO. The minimum absolute atomic E-state index is 0.257. The van der Waals surface area contributed by atoms with E-state index in [1.54, 1.807) is 25.2 Å². The highest BCUT2D eigenvalue weighted by molar-refractivity contribution is 6.31. The Labute approximate surface area is 125 Å². The van der Waals surface area contributed by atoms with Crippen LogP contribution in [0.2, 0.25) is 5.02 Å². The van der Waals surface area contributed by atoms with Gasteiger partial charge in [-0.2, -0.15) is 0 Å². The van der Waals surface area contributed by atoms with Crippen LogP contribution in [0.15, 0.2) is 48.5 Å². The molecule has 2 nitrogen and oxygen atoms in total. The number of rotatable bonds is 4. The zero-order chi connectivity index (χ0) is 15.5. The van der Waals surface area contributed by atoms with Crippen molar-refractivity contribution in [3.8, 4) is 5.75 Å². The Morgan fingerprint density at radius 1 is 1.10 bits per heavy atom. The lowest BCUT2D eigenvalue weighted by Crippen LogP contribution is -2.19. The van der Waals surface area contributed by atoms with Crippen molar-refractivity contribution in [2.75, 3.05) is 7.05 Å². The highest BCUT2D eigenvalue weighted by atomic mass is 35.5. The van der Waals surface area contributed by atoms with Crippen molar-refractivity contribution in [2.24, 2.45) is 0 Å². The van der Waals surface area contributed by atoms with Crippen molar-refractivity contribution in [1.29, 1.82) is 0 Å². The van der Waals surface area contributed by atoms with Gasteiger partial charge in [-0.05, 0) is 36.4 Å². The lowest BCUT2D eigenvalue weighted by Gasteiger charge is -2.19. The minimum atomic E-state index is -4.71. The van der Waals surface area contributed by atoms with Crippen molar-refractivity contribution in [3.05, 3.63) is 64.7 Å². The molecule has 0 heterocycles. The van der Waals surface area contributed by atoms with Crippen LogP contribution in [0.25, 0.3) is 0 Å². The van der Waals surface area contributed by atoms with Gasteiger partial charge in [0.05, 0.1) is 6.04 Å². The van der Waals surface area contributed by atoms with Gasteiger partial charge >= 0.3 is 6.36 Å². The summed E-state index contributed by atoms with van der Waals surface area (Å²) in [5.74, 6) is -0.257. The minimum Gasteiger partial charge on any atom is -0.406 e. The quantitative estimate of drug-likeness (QED) is 0.894. The number of benzene rings is 2. The molecule has 2 rings (SSSR count). The van der Waals surface area contributed by atoms with Crippen LogP contribution in [0.4, 0.5) is 13.2 Å². The Hall–Kier alpha value is -1.72. The molecule has 1 atom stereocenters. The first-order valence-corrected chi connectivity index (χ1v) is 6.56. The molecule has 0 bridgehead atoms. The maximum atomic E-state index is 12.3. The molecule has 0 aliphatic rings. The molecular weight excluding hydrogens is 303 g/mol. The summed E-state index contributed by atoms with van der Waals surface area (Å²) in [5, 5.41) is 3.59. The fourth-order valence-electron chi connectivity index (χ4n) is 2.10. The van der Waals surface area contributed by atoms with Crippen LogP contribution in [0.1, 0.15) is 17.2 Å². The topological polar surface area (TPSA) is 21.3 Å². The molecule has 0 radical (unpaired) electrons. The van der Waals surface area contributed by atoms with Crippen LogP contribution in [-0.2, 0) is 0 Å². The van der Waals surface area contributed by atoms with E-state index in [1.807, 2.05) is 12.1 Å². The SMILES string of the molecule is CNC(c1cccc(OC(F)(F)F)c1)c1ccccc1Cl. The van der Waals surface area contributed by atoms with Crippen molar-refractivity contribution >= 4 is 11.6 Å². The summed E-state index contributed by atoms with van der Waals surface area (Å²) in [4.78, 5) is 0. The second kappa shape index (κ2) is 6.37. The summed E-state index contributed by atoms with van der Waals surface area (Å²) in [6, 6.07) is 12.7. The van der Waals surface area contributed by atoms with Gasteiger partial charge in [-0.3, -0.25) is 0 Å². The molecule has 1 unspecified atom stereocenters. The largest absolute Gasteiger partial charge is 0.573 e. The van der Waals surface area contributed by atoms with E-state index in [4.69, 9.17) is 11.6 Å². The lowest BCUT2D eigenvalue weighted by atomic mass is 9.98. The Bertz CT molecular complexity index is 616. The smallest absolute Gasteiger partial charge is 0.406 e. The normalized spacial score (nSPS) is 13.0. The molecule has 6 heteroatoms. The summed E-state index contributed by atoms with van der Waals surface area (Å²) in [5.41, 5.74) is 1.41. The molecule has 2 aromatic rings. The fourth-order valence-corrected chi connectivity index (χ4v) is 2.35.